The molecule has 8 nitrogen and oxygen atoms in total. The Bertz CT molecular complexity index is 833. The van der Waals surface area contributed by atoms with Crippen LogP contribution in [0.5, 0.6) is 11.5 Å². The minimum Gasteiger partial charge on any atom is -0.493 e. The van der Waals surface area contributed by atoms with E-state index in [9.17, 15) is 9.59 Å². The van der Waals surface area contributed by atoms with Gasteiger partial charge >= 0.3 is 0 Å². The number of carbonyl (C=O) groups excluding carboxylic acids is 2. The maximum atomic E-state index is 12.4. The van der Waals surface area contributed by atoms with Gasteiger partial charge in [0.1, 0.15) is 0 Å². The summed E-state index contributed by atoms with van der Waals surface area (Å²) in [4.78, 5) is 26.4. The second kappa shape index (κ2) is 8.11. The van der Waals surface area contributed by atoms with E-state index in [0.29, 0.717) is 36.7 Å². The molecule has 1 unspecified atom stereocenters. The predicted molar refractivity (Wildman–Crippen MR) is 99.8 cm³/mol. The number of ether oxygens (including phenoxy) is 2. The standard InChI is InChI=1S/C19H24N4O4/c1-22-12-15(10-20-22)21-19(25)14-9-18(24)23(11-14)7-6-13-4-5-16(26-2)17(8-13)27-3/h4-5,8,10,12,14H,6-7,9,11H2,1-3H3,(H,21,25). The van der Waals surface area contributed by atoms with E-state index in [2.05, 4.69) is 10.4 Å². The lowest BCUT2D eigenvalue weighted by atomic mass is 10.1. The van der Waals surface area contributed by atoms with E-state index in [1.54, 1.807) is 43.2 Å². The topological polar surface area (TPSA) is 85.7 Å². The lowest BCUT2D eigenvalue weighted by molar-refractivity contribution is -0.128. The van der Waals surface area contributed by atoms with E-state index in [1.165, 1.54) is 0 Å². The summed E-state index contributed by atoms with van der Waals surface area (Å²) in [6, 6.07) is 5.71. The molecule has 1 saturated heterocycles. The Kier molecular flexibility index (Phi) is 5.63. The number of nitrogens with one attached hydrogen (secondary N) is 1. The number of anilines is 1. The smallest absolute Gasteiger partial charge is 0.229 e. The van der Waals surface area contributed by atoms with Crippen molar-refractivity contribution in [1.82, 2.24) is 14.7 Å². The van der Waals surface area contributed by atoms with Gasteiger partial charge in [0.2, 0.25) is 11.8 Å². The summed E-state index contributed by atoms with van der Waals surface area (Å²) in [7, 11) is 4.97. The number of rotatable bonds is 7. The second-order valence-corrected chi connectivity index (χ2v) is 6.57. The average Bonchev–Trinajstić information content (AvgIpc) is 3.24. The summed E-state index contributed by atoms with van der Waals surface area (Å²) in [5, 5.41) is 6.84. The first-order valence-corrected chi connectivity index (χ1v) is 8.78. The van der Waals surface area contributed by atoms with Crippen LogP contribution in [0, 0.1) is 5.92 Å². The van der Waals surface area contributed by atoms with Gasteiger partial charge in [-0.1, -0.05) is 6.07 Å². The van der Waals surface area contributed by atoms with Crippen molar-refractivity contribution in [2.24, 2.45) is 13.0 Å². The molecule has 0 aliphatic carbocycles. The quantitative estimate of drug-likeness (QED) is 0.795. The monoisotopic (exact) mass is 372 g/mol. The van der Waals surface area contributed by atoms with Gasteiger partial charge in [-0.05, 0) is 24.1 Å². The molecular weight excluding hydrogens is 348 g/mol. The van der Waals surface area contributed by atoms with Crippen LogP contribution in [0.2, 0.25) is 0 Å². The Morgan fingerprint density at radius 2 is 2.07 bits per heavy atom. The highest BCUT2D eigenvalue weighted by molar-refractivity contribution is 5.97. The zero-order valence-electron chi connectivity index (χ0n) is 15.8. The lowest BCUT2D eigenvalue weighted by Gasteiger charge is -2.17. The van der Waals surface area contributed by atoms with Crippen molar-refractivity contribution in [3.63, 3.8) is 0 Å². The average molecular weight is 372 g/mol. The number of benzene rings is 1. The molecule has 3 rings (SSSR count). The number of hydrogen-bond acceptors (Lipinski definition) is 5. The normalized spacial score (nSPS) is 16.5. The second-order valence-electron chi connectivity index (χ2n) is 6.57. The Labute approximate surface area is 158 Å². The Hall–Kier alpha value is -3.03. The summed E-state index contributed by atoms with van der Waals surface area (Å²) in [6.07, 6.45) is 4.23. The number of methoxy groups -OCH3 is 2. The van der Waals surface area contributed by atoms with Crippen molar-refractivity contribution in [1.29, 1.82) is 0 Å². The van der Waals surface area contributed by atoms with Gasteiger partial charge in [0.25, 0.3) is 0 Å². The highest BCUT2D eigenvalue weighted by Crippen LogP contribution is 2.28. The number of hydrogen-bond donors (Lipinski definition) is 1. The van der Waals surface area contributed by atoms with Crippen molar-refractivity contribution < 1.29 is 19.1 Å². The third-order valence-electron chi connectivity index (χ3n) is 4.68. The highest BCUT2D eigenvalue weighted by Gasteiger charge is 2.34. The molecule has 1 aliphatic rings. The summed E-state index contributed by atoms with van der Waals surface area (Å²) >= 11 is 0. The van der Waals surface area contributed by atoms with E-state index in [4.69, 9.17) is 9.47 Å². The van der Waals surface area contributed by atoms with Crippen LogP contribution >= 0.6 is 0 Å². The third kappa shape index (κ3) is 4.39. The number of carbonyl (C=O) groups is 2. The van der Waals surface area contributed by atoms with E-state index in [0.717, 1.165) is 5.56 Å². The van der Waals surface area contributed by atoms with Gasteiger partial charge < -0.3 is 19.7 Å². The van der Waals surface area contributed by atoms with Crippen molar-refractivity contribution in [2.75, 3.05) is 32.6 Å². The number of aryl methyl sites for hydroxylation is 1. The SMILES string of the molecule is COc1ccc(CCN2CC(C(=O)Nc3cnn(C)c3)CC2=O)cc1OC. The summed E-state index contributed by atoms with van der Waals surface area (Å²) < 4.78 is 12.2. The molecule has 2 heterocycles. The van der Waals surface area contributed by atoms with Crippen LogP contribution in [-0.2, 0) is 23.1 Å². The minimum absolute atomic E-state index is 0.00168. The van der Waals surface area contributed by atoms with Crippen LogP contribution in [0.3, 0.4) is 0 Å². The molecule has 8 heteroatoms. The summed E-state index contributed by atoms with van der Waals surface area (Å²) in [5.74, 6) is 0.844. The van der Waals surface area contributed by atoms with Gasteiger partial charge in [0.15, 0.2) is 11.5 Å². The zero-order valence-corrected chi connectivity index (χ0v) is 15.8. The minimum atomic E-state index is -0.344. The van der Waals surface area contributed by atoms with E-state index in [-0.39, 0.29) is 24.2 Å². The van der Waals surface area contributed by atoms with E-state index in [1.807, 2.05) is 18.2 Å². The molecule has 2 amide bonds. The first-order valence-electron chi connectivity index (χ1n) is 8.78. The summed E-state index contributed by atoms with van der Waals surface area (Å²) in [6.45, 7) is 0.989. The Balaban J connectivity index is 1.55. The summed E-state index contributed by atoms with van der Waals surface area (Å²) in [5.41, 5.74) is 1.68. The molecule has 1 fully saturated rings. The molecule has 0 saturated carbocycles. The lowest BCUT2D eigenvalue weighted by Crippen LogP contribution is -2.30. The van der Waals surface area contributed by atoms with Crippen LogP contribution in [0.1, 0.15) is 12.0 Å². The zero-order chi connectivity index (χ0) is 19.4. The fraction of sp³-hybridized carbons (Fsp3) is 0.421. The number of amides is 2. The van der Waals surface area contributed by atoms with Gasteiger partial charge in [-0.2, -0.15) is 5.10 Å². The maximum absolute atomic E-state index is 12.4. The number of aromatic nitrogens is 2. The molecule has 2 aromatic rings. The first-order chi connectivity index (χ1) is 13.0. The van der Waals surface area contributed by atoms with E-state index < -0.39 is 0 Å². The van der Waals surface area contributed by atoms with Crippen molar-refractivity contribution >= 4 is 17.5 Å². The Morgan fingerprint density at radius 3 is 2.74 bits per heavy atom. The molecule has 1 aliphatic heterocycles. The van der Waals surface area contributed by atoms with Gasteiger partial charge in [-0.3, -0.25) is 14.3 Å². The molecule has 0 bridgehead atoms. The van der Waals surface area contributed by atoms with Crippen molar-refractivity contribution in [3.05, 3.63) is 36.2 Å². The van der Waals surface area contributed by atoms with Crippen LogP contribution in [0.4, 0.5) is 5.69 Å². The van der Waals surface area contributed by atoms with Crippen LogP contribution in [0.25, 0.3) is 0 Å². The van der Waals surface area contributed by atoms with Crippen molar-refractivity contribution in [2.45, 2.75) is 12.8 Å². The van der Waals surface area contributed by atoms with Gasteiger partial charge in [0, 0.05) is 32.8 Å². The van der Waals surface area contributed by atoms with Crippen LogP contribution in [0.15, 0.2) is 30.6 Å². The molecule has 1 atom stereocenters. The Morgan fingerprint density at radius 1 is 1.30 bits per heavy atom. The van der Waals surface area contributed by atoms with Gasteiger partial charge in [0.05, 0.1) is 32.0 Å². The highest BCUT2D eigenvalue weighted by atomic mass is 16.5. The fourth-order valence-electron chi connectivity index (χ4n) is 3.19. The van der Waals surface area contributed by atoms with Crippen LogP contribution < -0.4 is 14.8 Å². The molecule has 0 radical (unpaired) electrons. The number of likely N-dealkylation sites (tertiary alicyclic amines) is 1. The molecule has 1 N–H and O–H groups in total. The molecule has 1 aromatic heterocycles. The molecule has 144 valence electrons. The largest absolute Gasteiger partial charge is 0.493 e. The predicted octanol–water partition coefficient (Wildman–Crippen LogP) is 1.47. The van der Waals surface area contributed by atoms with Gasteiger partial charge in [-0.25, -0.2) is 0 Å². The first kappa shape index (κ1) is 18.8. The third-order valence-corrected chi connectivity index (χ3v) is 4.68. The van der Waals surface area contributed by atoms with E-state index >= 15 is 0 Å². The molecule has 27 heavy (non-hydrogen) atoms. The van der Waals surface area contributed by atoms with Crippen molar-refractivity contribution in [3.8, 4) is 11.5 Å². The molecular formula is C19H24N4O4. The molecule has 0 spiro atoms. The fourth-order valence-corrected chi connectivity index (χ4v) is 3.19. The maximum Gasteiger partial charge on any atom is 0.229 e. The molecule has 1 aromatic carbocycles. The number of nitrogens with zero attached hydrogens (tertiary/aromatic N) is 3. The van der Waals surface area contributed by atoms with Gasteiger partial charge in [-0.15, -0.1) is 0 Å². The van der Waals surface area contributed by atoms with Crippen LogP contribution in [-0.4, -0.2) is 53.8 Å².